The number of fused-ring (bicyclic) bond motifs is 1. The number of aldehydes is 1. The highest BCUT2D eigenvalue weighted by Gasteiger charge is 2.14. The van der Waals surface area contributed by atoms with E-state index >= 15 is 0 Å². The van der Waals surface area contributed by atoms with Gasteiger partial charge in [-0.15, -0.1) is 0 Å². The summed E-state index contributed by atoms with van der Waals surface area (Å²) >= 11 is 0. The monoisotopic (exact) mass is 231 g/mol. The normalized spacial score (nSPS) is 10.8. The quantitative estimate of drug-likeness (QED) is 0.760. The van der Waals surface area contributed by atoms with Gasteiger partial charge < -0.3 is 9.30 Å². The molecule has 0 saturated heterocycles. The molecule has 0 aliphatic rings. The summed E-state index contributed by atoms with van der Waals surface area (Å²) in [5.74, 6) is 0.828. The lowest BCUT2D eigenvalue weighted by Gasteiger charge is -2.07. The van der Waals surface area contributed by atoms with Gasteiger partial charge >= 0.3 is 0 Å². The number of rotatable bonds is 3. The smallest absolute Gasteiger partial charge is 0.152 e. The summed E-state index contributed by atoms with van der Waals surface area (Å²) in [6.07, 6.45) is 0.929. The molecule has 2 rings (SSSR count). The van der Waals surface area contributed by atoms with E-state index in [1.807, 2.05) is 19.9 Å². The maximum Gasteiger partial charge on any atom is 0.152 e. The average molecular weight is 231 g/mol. The summed E-state index contributed by atoms with van der Waals surface area (Å²) in [5, 5.41) is 0.974. The standard InChI is InChI=1S/C14H17NO2/c1-5-15-10(3)12(8-16)11-7-14(17-4)9(2)6-13(11)15/h6-8H,5H2,1-4H3. The van der Waals surface area contributed by atoms with Crippen LogP contribution in [0.3, 0.4) is 0 Å². The predicted molar refractivity (Wildman–Crippen MR) is 69.0 cm³/mol. The fraction of sp³-hybridized carbons (Fsp3) is 0.357. The number of aromatic nitrogens is 1. The molecule has 0 radical (unpaired) electrons. The van der Waals surface area contributed by atoms with E-state index in [4.69, 9.17) is 4.74 Å². The van der Waals surface area contributed by atoms with Crippen LogP contribution in [0.4, 0.5) is 0 Å². The van der Waals surface area contributed by atoms with Crippen LogP contribution in [0, 0.1) is 13.8 Å². The zero-order chi connectivity index (χ0) is 12.6. The van der Waals surface area contributed by atoms with Crippen LogP contribution < -0.4 is 4.74 Å². The van der Waals surface area contributed by atoms with Gasteiger partial charge in [0.1, 0.15) is 5.75 Å². The van der Waals surface area contributed by atoms with Crippen LogP contribution in [-0.4, -0.2) is 18.0 Å². The van der Waals surface area contributed by atoms with Gasteiger partial charge in [-0.1, -0.05) is 0 Å². The number of benzene rings is 1. The summed E-state index contributed by atoms with van der Waals surface area (Å²) in [6, 6.07) is 4.03. The Kier molecular flexibility index (Phi) is 2.92. The van der Waals surface area contributed by atoms with Crippen molar-refractivity contribution in [1.82, 2.24) is 4.57 Å². The van der Waals surface area contributed by atoms with E-state index in [0.717, 1.165) is 46.3 Å². The van der Waals surface area contributed by atoms with Gasteiger partial charge in [0.25, 0.3) is 0 Å². The number of hydrogen-bond donors (Lipinski definition) is 0. The Bertz CT molecular complexity index is 582. The minimum absolute atomic E-state index is 0.764. The number of carbonyl (C=O) groups excluding carboxylic acids is 1. The van der Waals surface area contributed by atoms with Crippen LogP contribution in [0.25, 0.3) is 10.9 Å². The molecule has 3 heteroatoms. The van der Waals surface area contributed by atoms with E-state index < -0.39 is 0 Å². The van der Waals surface area contributed by atoms with E-state index in [-0.39, 0.29) is 0 Å². The van der Waals surface area contributed by atoms with Crippen LogP contribution in [0.5, 0.6) is 5.75 Å². The van der Waals surface area contributed by atoms with Crippen molar-refractivity contribution in [2.75, 3.05) is 7.11 Å². The highest BCUT2D eigenvalue weighted by atomic mass is 16.5. The highest BCUT2D eigenvalue weighted by Crippen LogP contribution is 2.30. The first-order valence-corrected chi connectivity index (χ1v) is 5.76. The third-order valence-corrected chi connectivity index (χ3v) is 3.32. The third kappa shape index (κ3) is 1.62. The number of carbonyl (C=O) groups is 1. The summed E-state index contributed by atoms with van der Waals surface area (Å²) in [5.41, 5.74) is 3.97. The Morgan fingerprint density at radius 1 is 1.35 bits per heavy atom. The second kappa shape index (κ2) is 4.24. The van der Waals surface area contributed by atoms with E-state index in [0.29, 0.717) is 0 Å². The van der Waals surface area contributed by atoms with E-state index in [2.05, 4.69) is 17.6 Å². The lowest BCUT2D eigenvalue weighted by Crippen LogP contribution is -1.97. The number of methoxy groups -OCH3 is 1. The SMILES string of the molecule is CCn1c(C)c(C=O)c2cc(OC)c(C)cc21. The van der Waals surface area contributed by atoms with Gasteiger partial charge in [-0.05, 0) is 38.5 Å². The van der Waals surface area contributed by atoms with Gasteiger partial charge in [0, 0.05) is 28.7 Å². The largest absolute Gasteiger partial charge is 0.496 e. The molecule has 1 aromatic heterocycles. The summed E-state index contributed by atoms with van der Waals surface area (Å²) in [7, 11) is 1.65. The van der Waals surface area contributed by atoms with Crippen molar-refractivity contribution in [2.24, 2.45) is 0 Å². The van der Waals surface area contributed by atoms with Gasteiger partial charge in [-0.25, -0.2) is 0 Å². The molecule has 0 spiro atoms. The van der Waals surface area contributed by atoms with Crippen molar-refractivity contribution >= 4 is 17.2 Å². The van der Waals surface area contributed by atoms with Gasteiger partial charge in [0.2, 0.25) is 0 Å². The topological polar surface area (TPSA) is 31.2 Å². The van der Waals surface area contributed by atoms with E-state index in [9.17, 15) is 4.79 Å². The number of ether oxygens (including phenoxy) is 1. The van der Waals surface area contributed by atoms with Gasteiger partial charge in [-0.2, -0.15) is 0 Å². The van der Waals surface area contributed by atoms with Crippen molar-refractivity contribution in [3.8, 4) is 5.75 Å². The Labute approximate surface area is 101 Å². The Hall–Kier alpha value is -1.77. The molecular formula is C14H17NO2. The molecule has 90 valence electrons. The molecule has 0 unspecified atom stereocenters. The Morgan fingerprint density at radius 3 is 2.59 bits per heavy atom. The predicted octanol–water partition coefficient (Wildman–Crippen LogP) is 3.10. The van der Waals surface area contributed by atoms with Crippen molar-refractivity contribution in [3.63, 3.8) is 0 Å². The average Bonchev–Trinajstić information content (AvgIpc) is 2.58. The molecule has 0 fully saturated rings. The molecule has 0 aliphatic heterocycles. The summed E-state index contributed by atoms with van der Waals surface area (Å²) in [6.45, 7) is 6.94. The molecule has 1 aromatic carbocycles. The summed E-state index contributed by atoms with van der Waals surface area (Å²) < 4.78 is 7.47. The number of nitrogens with zero attached hydrogens (tertiary/aromatic N) is 1. The second-order valence-corrected chi connectivity index (χ2v) is 4.20. The second-order valence-electron chi connectivity index (χ2n) is 4.20. The Balaban J connectivity index is 2.89. The van der Waals surface area contributed by atoms with Crippen molar-refractivity contribution in [3.05, 3.63) is 29.0 Å². The lowest BCUT2D eigenvalue weighted by molar-refractivity contribution is 0.112. The summed E-state index contributed by atoms with van der Waals surface area (Å²) in [4.78, 5) is 11.2. The molecule has 3 nitrogen and oxygen atoms in total. The molecule has 0 amide bonds. The molecule has 0 aliphatic carbocycles. The molecule has 0 saturated carbocycles. The maximum atomic E-state index is 11.2. The maximum absolute atomic E-state index is 11.2. The Morgan fingerprint density at radius 2 is 2.06 bits per heavy atom. The van der Waals surface area contributed by atoms with Crippen LogP contribution in [0.1, 0.15) is 28.5 Å². The van der Waals surface area contributed by atoms with Crippen LogP contribution in [-0.2, 0) is 6.54 Å². The fourth-order valence-corrected chi connectivity index (χ4v) is 2.41. The first-order chi connectivity index (χ1) is 8.13. The van der Waals surface area contributed by atoms with Gasteiger partial charge in [0.15, 0.2) is 6.29 Å². The van der Waals surface area contributed by atoms with Crippen molar-refractivity contribution in [1.29, 1.82) is 0 Å². The minimum Gasteiger partial charge on any atom is -0.496 e. The highest BCUT2D eigenvalue weighted by molar-refractivity contribution is 6.00. The zero-order valence-corrected chi connectivity index (χ0v) is 10.7. The fourth-order valence-electron chi connectivity index (χ4n) is 2.41. The first kappa shape index (κ1) is 11.7. The van der Waals surface area contributed by atoms with Crippen molar-refractivity contribution in [2.45, 2.75) is 27.3 Å². The molecule has 1 heterocycles. The minimum atomic E-state index is 0.764. The molecule has 0 atom stereocenters. The van der Waals surface area contributed by atoms with E-state index in [1.165, 1.54) is 0 Å². The molecule has 17 heavy (non-hydrogen) atoms. The molecule has 0 bridgehead atoms. The molecular weight excluding hydrogens is 214 g/mol. The van der Waals surface area contributed by atoms with Gasteiger partial charge in [0.05, 0.1) is 7.11 Å². The van der Waals surface area contributed by atoms with Crippen LogP contribution in [0.2, 0.25) is 0 Å². The van der Waals surface area contributed by atoms with Gasteiger partial charge in [-0.3, -0.25) is 4.79 Å². The number of aryl methyl sites for hydroxylation is 2. The zero-order valence-electron chi connectivity index (χ0n) is 10.7. The first-order valence-electron chi connectivity index (χ1n) is 5.76. The van der Waals surface area contributed by atoms with Crippen molar-refractivity contribution < 1.29 is 9.53 Å². The molecule has 0 N–H and O–H groups in total. The third-order valence-electron chi connectivity index (χ3n) is 3.32. The number of hydrogen-bond acceptors (Lipinski definition) is 2. The lowest BCUT2D eigenvalue weighted by atomic mass is 10.1. The van der Waals surface area contributed by atoms with E-state index in [1.54, 1.807) is 7.11 Å². The van der Waals surface area contributed by atoms with Crippen LogP contribution >= 0.6 is 0 Å². The van der Waals surface area contributed by atoms with Crippen LogP contribution in [0.15, 0.2) is 12.1 Å². The molecule has 2 aromatic rings.